The van der Waals surface area contributed by atoms with Gasteiger partial charge in [0.15, 0.2) is 0 Å². The molecule has 2 N–H and O–H groups in total. The summed E-state index contributed by atoms with van der Waals surface area (Å²) in [5.41, 5.74) is 1.82. The Hall–Kier alpha value is -1.84. The maximum absolute atomic E-state index is 12.6. The molecule has 0 radical (unpaired) electrons. The molecular formula is C18H28N2O2. The smallest absolute Gasteiger partial charge is 0.239 e. The van der Waals surface area contributed by atoms with Gasteiger partial charge in [0, 0.05) is 12.2 Å². The molecule has 0 bridgehead atoms. The number of unbranched alkanes of at least 4 members (excludes halogenated alkanes) is 1. The minimum absolute atomic E-state index is 0.231. The lowest BCUT2D eigenvalue weighted by molar-refractivity contribution is -0.138. The number of hydrogen-bond acceptors (Lipinski definition) is 2. The molecule has 0 aliphatic rings. The van der Waals surface area contributed by atoms with Crippen LogP contribution in [0.5, 0.6) is 0 Å². The van der Waals surface area contributed by atoms with Crippen LogP contribution in [0, 0.1) is 12.3 Å². The number of aryl methyl sites for hydroxylation is 2. The van der Waals surface area contributed by atoms with Crippen LogP contribution in [0.25, 0.3) is 0 Å². The van der Waals surface area contributed by atoms with Gasteiger partial charge in [0.1, 0.15) is 5.41 Å². The molecule has 4 heteroatoms. The van der Waals surface area contributed by atoms with Gasteiger partial charge < -0.3 is 10.6 Å². The number of carbonyl (C=O) groups excluding carboxylic acids is 2. The van der Waals surface area contributed by atoms with Crippen LogP contribution in [0.2, 0.25) is 0 Å². The molecule has 0 aromatic heterocycles. The van der Waals surface area contributed by atoms with Gasteiger partial charge in [0.25, 0.3) is 0 Å². The maximum Gasteiger partial charge on any atom is 0.239 e. The fourth-order valence-electron chi connectivity index (χ4n) is 2.17. The number of carbonyl (C=O) groups is 2. The highest BCUT2D eigenvalue weighted by Crippen LogP contribution is 2.25. The normalized spacial score (nSPS) is 11.1. The van der Waals surface area contributed by atoms with E-state index in [2.05, 4.69) is 17.6 Å². The van der Waals surface area contributed by atoms with Crippen LogP contribution in [-0.2, 0) is 16.0 Å². The van der Waals surface area contributed by atoms with Gasteiger partial charge in [-0.05, 0) is 44.7 Å². The van der Waals surface area contributed by atoms with Crippen molar-refractivity contribution in [3.05, 3.63) is 29.3 Å². The number of para-hydroxylation sites is 1. The van der Waals surface area contributed by atoms with Gasteiger partial charge in [-0.25, -0.2) is 0 Å². The fraction of sp³-hybridized carbons (Fsp3) is 0.556. The Kier molecular flexibility index (Phi) is 6.60. The predicted molar refractivity (Wildman–Crippen MR) is 90.9 cm³/mol. The van der Waals surface area contributed by atoms with E-state index in [9.17, 15) is 9.59 Å². The quantitative estimate of drug-likeness (QED) is 0.599. The summed E-state index contributed by atoms with van der Waals surface area (Å²) in [6.07, 6.45) is 2.76. The molecule has 22 heavy (non-hydrogen) atoms. The number of hydrogen-bond donors (Lipinski definition) is 2. The van der Waals surface area contributed by atoms with Gasteiger partial charge in [-0.15, -0.1) is 0 Å². The van der Waals surface area contributed by atoms with E-state index in [-0.39, 0.29) is 11.8 Å². The summed E-state index contributed by atoms with van der Waals surface area (Å²) < 4.78 is 0. The second-order valence-corrected chi connectivity index (χ2v) is 6.15. The van der Waals surface area contributed by atoms with Crippen molar-refractivity contribution in [2.24, 2.45) is 5.41 Å². The van der Waals surface area contributed by atoms with Gasteiger partial charge in [0.2, 0.25) is 11.8 Å². The van der Waals surface area contributed by atoms with Crippen molar-refractivity contribution in [3.8, 4) is 0 Å². The molecule has 0 fully saturated rings. The van der Waals surface area contributed by atoms with E-state index in [1.807, 2.05) is 32.0 Å². The molecule has 0 aliphatic heterocycles. The van der Waals surface area contributed by atoms with Crippen LogP contribution in [0.15, 0.2) is 18.2 Å². The zero-order valence-corrected chi connectivity index (χ0v) is 14.4. The molecule has 4 nitrogen and oxygen atoms in total. The van der Waals surface area contributed by atoms with Crippen molar-refractivity contribution in [1.82, 2.24) is 5.32 Å². The Labute approximate surface area is 133 Å². The summed E-state index contributed by atoms with van der Waals surface area (Å²) in [5.74, 6) is -0.504. The van der Waals surface area contributed by atoms with E-state index < -0.39 is 5.41 Å². The number of benzene rings is 1. The average molecular weight is 304 g/mol. The second-order valence-electron chi connectivity index (χ2n) is 6.15. The van der Waals surface area contributed by atoms with Crippen molar-refractivity contribution in [3.63, 3.8) is 0 Å². The highest BCUT2D eigenvalue weighted by Gasteiger charge is 2.36. The third-order valence-electron chi connectivity index (χ3n) is 3.93. The van der Waals surface area contributed by atoms with E-state index in [1.165, 1.54) is 0 Å². The number of amides is 2. The summed E-state index contributed by atoms with van der Waals surface area (Å²) in [4.78, 5) is 24.8. The monoisotopic (exact) mass is 304 g/mol. The van der Waals surface area contributed by atoms with Crippen molar-refractivity contribution >= 4 is 17.5 Å². The van der Waals surface area contributed by atoms with Crippen LogP contribution in [0.1, 0.15) is 51.7 Å². The Bertz CT molecular complexity index is 536. The number of rotatable bonds is 7. The van der Waals surface area contributed by atoms with Crippen LogP contribution < -0.4 is 10.6 Å². The Morgan fingerprint density at radius 2 is 1.82 bits per heavy atom. The van der Waals surface area contributed by atoms with Crippen LogP contribution in [0.3, 0.4) is 0 Å². The van der Waals surface area contributed by atoms with Crippen molar-refractivity contribution in [2.75, 3.05) is 11.9 Å². The molecule has 0 heterocycles. The Morgan fingerprint density at radius 1 is 1.14 bits per heavy atom. The summed E-state index contributed by atoms with van der Waals surface area (Å²) in [5, 5.41) is 5.78. The van der Waals surface area contributed by atoms with Crippen LogP contribution in [0.4, 0.5) is 5.69 Å². The first-order valence-electron chi connectivity index (χ1n) is 8.02. The SMILES string of the molecule is CCCCNC(=O)C(C)(C)C(=O)Nc1c(C)cccc1CC. The first kappa shape index (κ1) is 18.2. The Morgan fingerprint density at radius 3 is 2.41 bits per heavy atom. The first-order chi connectivity index (χ1) is 10.3. The van der Waals surface area contributed by atoms with Crippen LogP contribution in [-0.4, -0.2) is 18.4 Å². The molecule has 0 saturated carbocycles. The standard InChI is InChI=1S/C18H28N2O2/c1-6-8-12-19-16(21)18(4,5)17(22)20-15-13(3)10-9-11-14(15)7-2/h9-11H,6-8,12H2,1-5H3,(H,19,21)(H,20,22). The lowest BCUT2D eigenvalue weighted by Gasteiger charge is -2.24. The fourth-order valence-corrected chi connectivity index (χ4v) is 2.17. The van der Waals surface area contributed by atoms with E-state index in [0.29, 0.717) is 6.54 Å². The number of anilines is 1. The zero-order valence-electron chi connectivity index (χ0n) is 14.4. The third-order valence-corrected chi connectivity index (χ3v) is 3.93. The van der Waals surface area contributed by atoms with E-state index in [1.54, 1.807) is 13.8 Å². The molecule has 122 valence electrons. The summed E-state index contributed by atoms with van der Waals surface area (Å²) in [7, 11) is 0. The Balaban J connectivity index is 2.85. The molecule has 0 saturated heterocycles. The highest BCUT2D eigenvalue weighted by molar-refractivity contribution is 6.10. The number of nitrogens with one attached hydrogen (secondary N) is 2. The first-order valence-corrected chi connectivity index (χ1v) is 8.02. The largest absolute Gasteiger partial charge is 0.355 e. The minimum atomic E-state index is -1.10. The molecule has 0 spiro atoms. The van der Waals surface area contributed by atoms with Gasteiger partial charge in [-0.2, -0.15) is 0 Å². The molecular weight excluding hydrogens is 276 g/mol. The van der Waals surface area contributed by atoms with Crippen molar-refractivity contribution in [1.29, 1.82) is 0 Å². The lowest BCUT2D eigenvalue weighted by atomic mass is 9.90. The minimum Gasteiger partial charge on any atom is -0.355 e. The van der Waals surface area contributed by atoms with E-state index in [0.717, 1.165) is 36.1 Å². The van der Waals surface area contributed by atoms with Gasteiger partial charge in [-0.3, -0.25) is 9.59 Å². The predicted octanol–water partition coefficient (Wildman–Crippen LogP) is 3.44. The topological polar surface area (TPSA) is 58.2 Å². The van der Waals surface area contributed by atoms with Crippen molar-refractivity contribution in [2.45, 2.75) is 53.9 Å². The zero-order chi connectivity index (χ0) is 16.8. The van der Waals surface area contributed by atoms with E-state index >= 15 is 0 Å². The van der Waals surface area contributed by atoms with Gasteiger partial charge in [0.05, 0.1) is 0 Å². The molecule has 2 amide bonds. The summed E-state index contributed by atoms with van der Waals surface area (Å²) in [6, 6.07) is 5.94. The second kappa shape index (κ2) is 7.97. The molecule has 1 aromatic carbocycles. The maximum atomic E-state index is 12.6. The molecule has 0 atom stereocenters. The third kappa shape index (κ3) is 4.33. The summed E-state index contributed by atoms with van der Waals surface area (Å²) in [6.45, 7) is 10.0. The molecule has 1 rings (SSSR count). The van der Waals surface area contributed by atoms with Gasteiger partial charge in [-0.1, -0.05) is 38.5 Å². The molecule has 1 aromatic rings. The van der Waals surface area contributed by atoms with Gasteiger partial charge >= 0.3 is 0 Å². The molecule has 0 unspecified atom stereocenters. The lowest BCUT2D eigenvalue weighted by Crippen LogP contribution is -2.45. The summed E-state index contributed by atoms with van der Waals surface area (Å²) >= 11 is 0. The van der Waals surface area contributed by atoms with Crippen LogP contribution >= 0.6 is 0 Å². The average Bonchev–Trinajstić information content (AvgIpc) is 2.49. The molecule has 0 aliphatic carbocycles. The van der Waals surface area contributed by atoms with E-state index in [4.69, 9.17) is 0 Å². The van der Waals surface area contributed by atoms with Crippen molar-refractivity contribution < 1.29 is 9.59 Å². The highest BCUT2D eigenvalue weighted by atomic mass is 16.2.